The maximum absolute atomic E-state index is 13.0. The second kappa shape index (κ2) is 14.9. The highest BCUT2D eigenvalue weighted by Gasteiger charge is 2.32. The molecule has 0 unspecified atom stereocenters. The molecule has 210 valence electrons. The molecule has 2 heterocycles. The number of aromatic amines is 1. The van der Waals surface area contributed by atoms with Crippen LogP contribution in [0.25, 0.3) is 0 Å². The van der Waals surface area contributed by atoms with E-state index >= 15 is 0 Å². The van der Waals surface area contributed by atoms with Crippen molar-refractivity contribution in [3.63, 3.8) is 0 Å². The number of aliphatic carboxylic acids is 1. The third kappa shape index (κ3) is 9.31. The fourth-order valence-electron chi connectivity index (χ4n) is 3.61. The standard InChI is InChI=1S/C21H32N8O8S/c22-16(31)5-13(21(36)37)27-20(35)15(8-38)29-19(34)14(7-30)28-18(33)12(4-10-6-23-9-25-10)26-17(32)11-2-1-3-24-11/h6,9,11-15,24,30,38H,1-5,7-8H2,(H2,22,31)(H,23,25)(H,26,32)(H,27,35)(H,28,33)(H,29,34)(H,36,37)/t11-,12-,13-,14-,15-/m0/s1. The number of aliphatic hydroxyl groups excluding tert-OH is 1. The average molecular weight is 557 g/mol. The van der Waals surface area contributed by atoms with E-state index in [0.717, 1.165) is 6.42 Å². The van der Waals surface area contributed by atoms with E-state index in [4.69, 9.17) is 10.8 Å². The van der Waals surface area contributed by atoms with Gasteiger partial charge in [-0.1, -0.05) is 0 Å². The van der Waals surface area contributed by atoms with Gasteiger partial charge in [-0.05, 0) is 19.4 Å². The highest BCUT2D eigenvalue weighted by molar-refractivity contribution is 7.80. The fourth-order valence-corrected chi connectivity index (χ4v) is 3.87. The number of imidazole rings is 1. The van der Waals surface area contributed by atoms with Crippen LogP contribution >= 0.6 is 12.6 Å². The number of hydrogen-bond donors (Lipinski definition) is 10. The predicted octanol–water partition coefficient (Wildman–Crippen LogP) is -4.47. The van der Waals surface area contributed by atoms with Gasteiger partial charge in [0.25, 0.3) is 0 Å². The SMILES string of the molecule is NC(=O)C[C@H](NC(=O)[C@H](CS)NC(=O)[C@H](CO)NC(=O)[C@H](Cc1cnc[nH]1)NC(=O)[C@@H]1CCCN1)C(=O)O. The van der Waals surface area contributed by atoms with E-state index in [-0.39, 0.29) is 12.2 Å². The molecule has 2 rings (SSSR count). The number of nitrogens with zero attached hydrogens (tertiary/aromatic N) is 1. The number of amides is 5. The van der Waals surface area contributed by atoms with Crippen LogP contribution in [0.2, 0.25) is 0 Å². The van der Waals surface area contributed by atoms with Gasteiger partial charge in [0.15, 0.2) is 0 Å². The molecule has 0 bridgehead atoms. The van der Waals surface area contributed by atoms with Crippen molar-refractivity contribution in [1.29, 1.82) is 0 Å². The highest BCUT2D eigenvalue weighted by Crippen LogP contribution is 2.07. The van der Waals surface area contributed by atoms with Gasteiger partial charge >= 0.3 is 5.97 Å². The van der Waals surface area contributed by atoms with Gasteiger partial charge in [-0.3, -0.25) is 24.0 Å². The van der Waals surface area contributed by atoms with E-state index < -0.39 is 78.7 Å². The van der Waals surface area contributed by atoms with E-state index in [1.165, 1.54) is 12.5 Å². The first-order valence-electron chi connectivity index (χ1n) is 11.7. The number of primary amides is 1. The van der Waals surface area contributed by atoms with E-state index in [0.29, 0.717) is 18.7 Å². The Labute approximate surface area is 222 Å². The number of nitrogens with two attached hydrogens (primary N) is 1. The Morgan fingerprint density at radius 2 is 1.66 bits per heavy atom. The maximum Gasteiger partial charge on any atom is 0.326 e. The zero-order chi connectivity index (χ0) is 28.2. The minimum Gasteiger partial charge on any atom is -0.480 e. The van der Waals surface area contributed by atoms with Crippen LogP contribution in [0.1, 0.15) is 25.0 Å². The molecule has 1 fully saturated rings. The van der Waals surface area contributed by atoms with Gasteiger partial charge in [-0.25, -0.2) is 9.78 Å². The molecule has 0 aliphatic carbocycles. The van der Waals surface area contributed by atoms with Crippen LogP contribution < -0.4 is 32.3 Å². The van der Waals surface area contributed by atoms with Crippen LogP contribution in [0, 0.1) is 0 Å². The smallest absolute Gasteiger partial charge is 0.326 e. The summed E-state index contributed by atoms with van der Waals surface area (Å²) in [6.45, 7) is -0.190. The summed E-state index contributed by atoms with van der Waals surface area (Å²) in [4.78, 5) is 79.9. The molecule has 1 aromatic heterocycles. The first-order valence-corrected chi connectivity index (χ1v) is 12.3. The summed E-state index contributed by atoms with van der Waals surface area (Å²) in [5, 5.41) is 31.3. The summed E-state index contributed by atoms with van der Waals surface area (Å²) in [7, 11) is 0. The fraction of sp³-hybridized carbons (Fsp3) is 0.571. The summed E-state index contributed by atoms with van der Waals surface area (Å²) in [5.74, 6) is -5.88. The van der Waals surface area contributed by atoms with E-state index in [2.05, 4.69) is 49.2 Å². The lowest BCUT2D eigenvalue weighted by atomic mass is 10.1. The van der Waals surface area contributed by atoms with Crippen molar-refractivity contribution < 1.29 is 39.0 Å². The van der Waals surface area contributed by atoms with Gasteiger partial charge in [0.05, 0.1) is 25.4 Å². The van der Waals surface area contributed by atoms with E-state index in [9.17, 15) is 33.9 Å². The average Bonchev–Trinajstić information content (AvgIpc) is 3.59. The second-order valence-corrected chi connectivity index (χ2v) is 8.91. The Morgan fingerprint density at radius 3 is 2.18 bits per heavy atom. The molecule has 38 heavy (non-hydrogen) atoms. The molecular weight excluding hydrogens is 524 g/mol. The number of carbonyl (C=O) groups is 6. The van der Waals surface area contributed by atoms with Crippen molar-refractivity contribution in [2.45, 2.75) is 55.9 Å². The Hall–Kier alpha value is -3.70. The zero-order valence-electron chi connectivity index (χ0n) is 20.3. The number of carboxylic acids is 1. The van der Waals surface area contributed by atoms with Crippen LogP contribution in [0.4, 0.5) is 0 Å². The Morgan fingerprint density at radius 1 is 1.03 bits per heavy atom. The number of rotatable bonds is 15. The zero-order valence-corrected chi connectivity index (χ0v) is 21.2. The summed E-state index contributed by atoms with van der Waals surface area (Å²) in [5.41, 5.74) is 5.52. The monoisotopic (exact) mass is 556 g/mol. The molecule has 1 aliphatic heterocycles. The van der Waals surface area contributed by atoms with Crippen LogP contribution in [0.15, 0.2) is 12.5 Å². The van der Waals surface area contributed by atoms with Gasteiger partial charge < -0.3 is 47.5 Å². The molecule has 17 heteroatoms. The molecular formula is C21H32N8O8S. The lowest BCUT2D eigenvalue weighted by Gasteiger charge is -2.25. The third-order valence-electron chi connectivity index (χ3n) is 5.64. The number of H-pyrrole nitrogens is 1. The number of hydrogen-bond acceptors (Lipinski definition) is 10. The van der Waals surface area contributed by atoms with E-state index in [1.807, 2.05) is 0 Å². The predicted molar refractivity (Wildman–Crippen MR) is 133 cm³/mol. The first-order chi connectivity index (χ1) is 18.0. The van der Waals surface area contributed by atoms with Crippen molar-refractivity contribution in [1.82, 2.24) is 36.6 Å². The summed E-state index contributed by atoms with van der Waals surface area (Å²) in [6.07, 6.45) is 3.61. The minimum absolute atomic E-state index is 0.0160. The van der Waals surface area contributed by atoms with Crippen molar-refractivity contribution >= 4 is 48.1 Å². The summed E-state index contributed by atoms with van der Waals surface area (Å²) >= 11 is 3.98. The number of carboxylic acid groups (broad SMARTS) is 1. The summed E-state index contributed by atoms with van der Waals surface area (Å²) < 4.78 is 0. The number of aliphatic hydroxyl groups is 1. The molecule has 16 nitrogen and oxygen atoms in total. The van der Waals surface area contributed by atoms with Crippen LogP contribution in [0.5, 0.6) is 0 Å². The number of aromatic nitrogens is 2. The molecule has 10 N–H and O–H groups in total. The number of thiol groups is 1. The maximum atomic E-state index is 13.0. The lowest BCUT2D eigenvalue weighted by Crippen LogP contribution is -2.60. The normalized spacial score (nSPS) is 17.9. The molecule has 0 radical (unpaired) electrons. The van der Waals surface area contributed by atoms with E-state index in [1.54, 1.807) is 0 Å². The molecule has 5 amide bonds. The minimum atomic E-state index is -1.63. The Balaban J connectivity index is 2.05. The molecule has 0 aromatic carbocycles. The second-order valence-electron chi connectivity index (χ2n) is 8.55. The Kier molecular flexibility index (Phi) is 12.0. The quantitative estimate of drug-likeness (QED) is 0.0926. The highest BCUT2D eigenvalue weighted by atomic mass is 32.1. The van der Waals surface area contributed by atoms with Gasteiger partial charge in [-0.2, -0.15) is 12.6 Å². The van der Waals surface area contributed by atoms with Crippen LogP contribution in [-0.4, -0.2) is 105 Å². The van der Waals surface area contributed by atoms with Crippen molar-refractivity contribution in [2.24, 2.45) is 5.73 Å². The molecule has 0 spiro atoms. The molecule has 1 aliphatic rings. The van der Waals surface area contributed by atoms with Crippen molar-refractivity contribution in [3.05, 3.63) is 18.2 Å². The molecule has 0 saturated carbocycles. The number of carbonyl (C=O) groups excluding carboxylic acids is 5. The lowest BCUT2D eigenvalue weighted by molar-refractivity contribution is -0.143. The molecule has 1 aromatic rings. The third-order valence-corrected chi connectivity index (χ3v) is 6.00. The van der Waals surface area contributed by atoms with Crippen molar-refractivity contribution in [3.8, 4) is 0 Å². The van der Waals surface area contributed by atoms with Gasteiger partial charge in [0.1, 0.15) is 24.2 Å². The number of nitrogens with one attached hydrogen (secondary N) is 6. The molecule has 1 saturated heterocycles. The van der Waals surface area contributed by atoms with Gasteiger partial charge in [0, 0.05) is 24.1 Å². The molecule has 5 atom stereocenters. The van der Waals surface area contributed by atoms with Crippen LogP contribution in [-0.2, 0) is 35.2 Å². The largest absolute Gasteiger partial charge is 0.480 e. The topological polar surface area (TPSA) is 258 Å². The Bertz CT molecular complexity index is 1000. The van der Waals surface area contributed by atoms with Crippen LogP contribution in [0.3, 0.4) is 0 Å². The van der Waals surface area contributed by atoms with Gasteiger partial charge in [-0.15, -0.1) is 0 Å². The first kappa shape index (κ1) is 30.5. The summed E-state index contributed by atoms with van der Waals surface area (Å²) in [6, 6.07) is -6.12. The van der Waals surface area contributed by atoms with Crippen molar-refractivity contribution in [2.75, 3.05) is 18.9 Å². The van der Waals surface area contributed by atoms with Gasteiger partial charge in [0.2, 0.25) is 29.5 Å².